The third-order valence-corrected chi connectivity index (χ3v) is 3.99. The molecular weight excluding hydrogens is 300 g/mol. The Hall–Kier alpha value is -1.85. The fourth-order valence-electron chi connectivity index (χ4n) is 2.47. The number of hydrogen-bond donors (Lipinski definition) is 3. The maximum Gasteiger partial charge on any atom is 0.330 e. The number of aliphatic carboxylic acids is 3. The predicted molar refractivity (Wildman–Crippen MR) is 86.3 cm³/mol. The van der Waals surface area contributed by atoms with Crippen LogP contribution in [0.25, 0.3) is 0 Å². The number of carboxylic acid groups (broad SMARTS) is 3. The zero-order chi connectivity index (χ0) is 17.9. The van der Waals surface area contributed by atoms with Crippen LogP contribution in [0.15, 0.2) is 11.6 Å². The molecule has 0 saturated carbocycles. The average Bonchev–Trinajstić information content (AvgIpc) is 2.47. The SMILES string of the molecule is CCCCCCCCCCC(C=C(C)C(=O)O)(C(=O)O)C(=O)O. The van der Waals surface area contributed by atoms with Crippen molar-refractivity contribution in [2.75, 3.05) is 0 Å². The van der Waals surface area contributed by atoms with Crippen LogP contribution in [0.3, 0.4) is 0 Å². The number of unbranched alkanes of at least 4 members (excludes halogenated alkanes) is 7. The molecule has 0 unspecified atom stereocenters. The molecule has 0 aliphatic rings. The first kappa shape index (κ1) is 21.1. The third-order valence-electron chi connectivity index (χ3n) is 3.99. The Bertz CT molecular complexity index is 424. The van der Waals surface area contributed by atoms with Crippen molar-refractivity contribution < 1.29 is 29.7 Å². The van der Waals surface area contributed by atoms with Gasteiger partial charge in [0.1, 0.15) is 0 Å². The standard InChI is InChI=1S/C17H28O6/c1-3-4-5-6-7-8-9-10-11-17(15(20)21,16(22)23)12-13(2)14(18)19/h12H,3-11H2,1-2H3,(H,18,19)(H,20,21)(H,22,23). The Balaban J connectivity index is 4.62. The first-order valence-corrected chi connectivity index (χ1v) is 8.17. The quantitative estimate of drug-likeness (QED) is 0.270. The predicted octanol–water partition coefficient (Wildman–Crippen LogP) is 3.70. The Morgan fingerprint density at radius 2 is 1.26 bits per heavy atom. The van der Waals surface area contributed by atoms with Crippen LogP contribution < -0.4 is 0 Å². The fourth-order valence-corrected chi connectivity index (χ4v) is 2.47. The Labute approximate surface area is 137 Å². The highest BCUT2D eigenvalue weighted by atomic mass is 16.4. The molecule has 0 atom stereocenters. The zero-order valence-electron chi connectivity index (χ0n) is 14.0. The molecule has 0 aromatic rings. The van der Waals surface area contributed by atoms with Gasteiger partial charge in [-0.05, 0) is 19.4 Å². The van der Waals surface area contributed by atoms with Crippen molar-refractivity contribution in [1.29, 1.82) is 0 Å². The maximum absolute atomic E-state index is 11.4. The number of rotatable bonds is 13. The van der Waals surface area contributed by atoms with Gasteiger partial charge < -0.3 is 15.3 Å². The van der Waals surface area contributed by atoms with E-state index < -0.39 is 23.3 Å². The lowest BCUT2D eigenvalue weighted by Crippen LogP contribution is -2.38. The van der Waals surface area contributed by atoms with Crippen molar-refractivity contribution >= 4 is 17.9 Å². The summed E-state index contributed by atoms with van der Waals surface area (Å²) in [5, 5.41) is 27.5. The molecule has 0 fully saturated rings. The molecule has 3 N–H and O–H groups in total. The molecule has 0 aromatic carbocycles. The van der Waals surface area contributed by atoms with E-state index in [1.54, 1.807) is 0 Å². The van der Waals surface area contributed by atoms with Crippen LogP contribution in [-0.4, -0.2) is 33.2 Å². The van der Waals surface area contributed by atoms with Crippen LogP contribution in [-0.2, 0) is 14.4 Å². The van der Waals surface area contributed by atoms with Gasteiger partial charge in [-0.3, -0.25) is 9.59 Å². The van der Waals surface area contributed by atoms with Crippen molar-refractivity contribution in [3.05, 3.63) is 11.6 Å². The van der Waals surface area contributed by atoms with Crippen molar-refractivity contribution in [1.82, 2.24) is 0 Å². The fraction of sp³-hybridized carbons (Fsp3) is 0.706. The zero-order valence-corrected chi connectivity index (χ0v) is 14.0. The summed E-state index contributed by atoms with van der Waals surface area (Å²) in [6.07, 6.45) is 8.62. The third kappa shape index (κ3) is 7.30. The molecule has 0 aromatic heterocycles. The summed E-state index contributed by atoms with van der Waals surface area (Å²) >= 11 is 0. The number of carbonyl (C=O) groups is 3. The molecule has 0 radical (unpaired) electrons. The minimum absolute atomic E-state index is 0.1000. The molecule has 0 amide bonds. The summed E-state index contributed by atoms with van der Waals surface area (Å²) in [6, 6.07) is 0. The van der Waals surface area contributed by atoms with E-state index in [-0.39, 0.29) is 12.0 Å². The summed E-state index contributed by atoms with van der Waals surface area (Å²) in [5.74, 6) is -4.35. The van der Waals surface area contributed by atoms with E-state index in [0.717, 1.165) is 31.8 Å². The van der Waals surface area contributed by atoms with Crippen molar-refractivity contribution in [3.8, 4) is 0 Å². The summed E-state index contributed by atoms with van der Waals surface area (Å²) in [4.78, 5) is 33.8. The molecule has 0 aliphatic heterocycles. The highest BCUT2D eigenvalue weighted by molar-refractivity contribution is 6.02. The molecule has 132 valence electrons. The monoisotopic (exact) mass is 328 g/mol. The molecule has 0 spiro atoms. The molecule has 0 saturated heterocycles. The van der Waals surface area contributed by atoms with Crippen molar-refractivity contribution in [2.24, 2.45) is 5.41 Å². The maximum atomic E-state index is 11.4. The molecule has 6 heteroatoms. The van der Waals surface area contributed by atoms with Crippen LogP contribution >= 0.6 is 0 Å². The van der Waals surface area contributed by atoms with Crippen LogP contribution in [0.5, 0.6) is 0 Å². The van der Waals surface area contributed by atoms with Crippen molar-refractivity contribution in [3.63, 3.8) is 0 Å². The van der Waals surface area contributed by atoms with Gasteiger partial charge >= 0.3 is 17.9 Å². The summed E-state index contributed by atoms with van der Waals surface area (Å²) in [5.41, 5.74) is -2.43. The highest BCUT2D eigenvalue weighted by Crippen LogP contribution is 2.30. The van der Waals surface area contributed by atoms with Gasteiger partial charge in [0, 0.05) is 5.57 Å². The van der Waals surface area contributed by atoms with Gasteiger partial charge in [0.05, 0.1) is 0 Å². The Morgan fingerprint density at radius 1 is 0.826 bits per heavy atom. The van der Waals surface area contributed by atoms with Crippen LogP contribution in [0, 0.1) is 5.41 Å². The molecule has 23 heavy (non-hydrogen) atoms. The molecule has 0 bridgehead atoms. The van der Waals surface area contributed by atoms with Crippen molar-refractivity contribution in [2.45, 2.75) is 71.6 Å². The van der Waals surface area contributed by atoms with E-state index in [1.807, 2.05) is 0 Å². The molecule has 6 nitrogen and oxygen atoms in total. The highest BCUT2D eigenvalue weighted by Gasteiger charge is 2.44. The Kier molecular flexibility index (Phi) is 9.94. The normalized spacial score (nSPS) is 12.2. The Morgan fingerprint density at radius 3 is 1.65 bits per heavy atom. The van der Waals surface area contributed by atoms with Gasteiger partial charge in [-0.1, -0.05) is 58.3 Å². The lowest BCUT2D eigenvalue weighted by molar-refractivity contribution is -0.161. The minimum atomic E-state index is -2.16. The van der Waals surface area contributed by atoms with Gasteiger partial charge in [-0.25, -0.2) is 4.79 Å². The minimum Gasteiger partial charge on any atom is -0.480 e. The topological polar surface area (TPSA) is 112 Å². The van der Waals surface area contributed by atoms with E-state index >= 15 is 0 Å². The average molecular weight is 328 g/mol. The smallest absolute Gasteiger partial charge is 0.330 e. The van der Waals surface area contributed by atoms with Crippen LogP contribution in [0.2, 0.25) is 0 Å². The molecule has 0 heterocycles. The van der Waals surface area contributed by atoms with E-state index in [9.17, 15) is 24.6 Å². The molecule has 0 rings (SSSR count). The van der Waals surface area contributed by atoms with Gasteiger partial charge in [0.15, 0.2) is 5.41 Å². The largest absolute Gasteiger partial charge is 0.480 e. The summed E-state index contributed by atoms with van der Waals surface area (Å²) in [7, 11) is 0. The van der Waals surface area contributed by atoms with E-state index in [4.69, 9.17) is 5.11 Å². The number of hydrogen-bond acceptors (Lipinski definition) is 3. The van der Waals surface area contributed by atoms with Gasteiger partial charge in [-0.2, -0.15) is 0 Å². The van der Waals surface area contributed by atoms with E-state index in [0.29, 0.717) is 6.42 Å². The summed E-state index contributed by atoms with van der Waals surface area (Å²) < 4.78 is 0. The first-order valence-electron chi connectivity index (χ1n) is 8.17. The number of carboxylic acids is 3. The summed E-state index contributed by atoms with van der Waals surface area (Å²) in [6.45, 7) is 3.35. The van der Waals surface area contributed by atoms with E-state index in [2.05, 4.69) is 6.92 Å². The van der Waals surface area contributed by atoms with Gasteiger partial charge in [0.25, 0.3) is 0 Å². The second-order valence-electron chi connectivity index (χ2n) is 5.94. The van der Waals surface area contributed by atoms with Gasteiger partial charge in [0.2, 0.25) is 0 Å². The first-order chi connectivity index (χ1) is 10.8. The second kappa shape index (κ2) is 10.8. The second-order valence-corrected chi connectivity index (χ2v) is 5.94. The lowest BCUT2D eigenvalue weighted by Gasteiger charge is -2.21. The lowest BCUT2D eigenvalue weighted by atomic mass is 9.80. The molecule has 0 aliphatic carbocycles. The van der Waals surface area contributed by atoms with Crippen LogP contribution in [0.4, 0.5) is 0 Å². The van der Waals surface area contributed by atoms with Crippen LogP contribution in [0.1, 0.15) is 71.6 Å². The van der Waals surface area contributed by atoms with E-state index in [1.165, 1.54) is 26.2 Å². The molecular formula is C17H28O6. The van der Waals surface area contributed by atoms with Gasteiger partial charge in [-0.15, -0.1) is 0 Å².